The molecule has 0 fully saturated rings. The first-order valence-corrected chi connectivity index (χ1v) is 21.9. The van der Waals surface area contributed by atoms with Crippen LogP contribution in [0.4, 0.5) is 0 Å². The molecule has 3 heteroatoms. The van der Waals surface area contributed by atoms with Gasteiger partial charge in [0, 0.05) is 18.2 Å². The lowest BCUT2D eigenvalue weighted by atomic mass is 9.69. The van der Waals surface area contributed by atoms with Crippen LogP contribution in [0.3, 0.4) is 0 Å². The Labute approximate surface area is 328 Å². The third kappa shape index (κ3) is 8.04. The zero-order chi connectivity index (χ0) is 37.2. The van der Waals surface area contributed by atoms with Gasteiger partial charge < -0.3 is 5.32 Å². The number of nitrogens with zero attached hydrogens (tertiary/aromatic N) is 2. The standard InChI is InChI=1S/C51H67N3/c1-36-16-18-43(19-17-36)49-34-50(46-31-38(3)30-45(32-46)42-22-20-41(21-23-42)39-12-8-6-9-13-39)54(53(49)5)35-52-48-25-24-44(40-14-10-7-11-15-40)33-47(48)51(4)28-26-37(2)27-29-51/h7,10,12,14,16,18,20-23,26,28,31,33-34,36-38,43,45,49,52H,6,8-9,11,13,15,17,19,24-25,27,29-30,32,35H2,1-5H3. The van der Waals surface area contributed by atoms with E-state index >= 15 is 0 Å². The summed E-state index contributed by atoms with van der Waals surface area (Å²) in [5.41, 5.74) is 13.6. The number of hydrogen-bond acceptors (Lipinski definition) is 3. The number of hydrogen-bond donors (Lipinski definition) is 1. The fraction of sp³-hybridized carbons (Fsp3) is 0.529. The van der Waals surface area contributed by atoms with E-state index in [4.69, 9.17) is 0 Å². The Morgan fingerprint density at radius 1 is 0.796 bits per heavy atom. The van der Waals surface area contributed by atoms with E-state index in [1.807, 2.05) is 0 Å². The van der Waals surface area contributed by atoms with Crippen LogP contribution < -0.4 is 5.32 Å². The molecule has 0 saturated heterocycles. The summed E-state index contributed by atoms with van der Waals surface area (Å²) in [5, 5.41) is 9.36. The molecule has 7 atom stereocenters. The monoisotopic (exact) mass is 722 g/mol. The van der Waals surface area contributed by atoms with Gasteiger partial charge >= 0.3 is 0 Å². The Hall–Kier alpha value is -3.56. The van der Waals surface area contributed by atoms with Gasteiger partial charge in [-0.1, -0.05) is 113 Å². The summed E-state index contributed by atoms with van der Waals surface area (Å²) in [6, 6.07) is 10.1. The van der Waals surface area contributed by atoms with Crippen molar-refractivity contribution in [3.8, 4) is 0 Å². The summed E-state index contributed by atoms with van der Waals surface area (Å²) >= 11 is 0. The summed E-state index contributed by atoms with van der Waals surface area (Å²) in [5.74, 6) is 2.99. The molecule has 54 heavy (non-hydrogen) atoms. The number of likely N-dealkylation sites (N-methyl/N-ethyl adjacent to an activating group) is 1. The second-order valence-corrected chi connectivity index (χ2v) is 18.4. The smallest absolute Gasteiger partial charge is 0.103 e. The summed E-state index contributed by atoms with van der Waals surface area (Å²) in [6.45, 7) is 10.5. The highest BCUT2D eigenvalue weighted by Gasteiger charge is 2.38. The van der Waals surface area contributed by atoms with Crippen molar-refractivity contribution in [3.63, 3.8) is 0 Å². The largest absolute Gasteiger partial charge is 0.370 e. The van der Waals surface area contributed by atoms with E-state index in [1.54, 1.807) is 16.7 Å². The van der Waals surface area contributed by atoms with Gasteiger partial charge in [0.1, 0.15) is 6.67 Å². The first-order chi connectivity index (χ1) is 26.2. The minimum atomic E-state index is 0.0604. The number of nitrogens with one attached hydrogen (secondary N) is 1. The van der Waals surface area contributed by atoms with Crippen LogP contribution >= 0.6 is 0 Å². The molecule has 6 aliphatic carbocycles. The number of rotatable bonds is 9. The van der Waals surface area contributed by atoms with Crippen molar-refractivity contribution in [2.24, 2.45) is 29.1 Å². The Morgan fingerprint density at radius 3 is 2.37 bits per heavy atom. The SMILES string of the molecule is CC1C=CC(C2C=C(C3=CC(C)CC(c4ccc(C5=CCCCC5)cc4)C3)N(CNC3=C(C4(C)C=CC(C)CC4)C=C(C4=CC=CCC4)CC3)N2C)CC1. The van der Waals surface area contributed by atoms with Gasteiger partial charge in [-0.25, -0.2) is 5.01 Å². The summed E-state index contributed by atoms with van der Waals surface area (Å²) in [7, 11) is 2.36. The van der Waals surface area contributed by atoms with E-state index in [9.17, 15) is 0 Å². The van der Waals surface area contributed by atoms with Crippen molar-refractivity contribution >= 4 is 5.57 Å². The van der Waals surface area contributed by atoms with Crippen LogP contribution in [-0.2, 0) is 0 Å². The first kappa shape index (κ1) is 37.4. The molecule has 1 N–H and O–H groups in total. The predicted molar refractivity (Wildman–Crippen MR) is 229 cm³/mol. The molecule has 3 nitrogen and oxygen atoms in total. The summed E-state index contributed by atoms with van der Waals surface area (Å²) in [4.78, 5) is 0. The van der Waals surface area contributed by atoms with E-state index in [1.165, 1.54) is 97.9 Å². The van der Waals surface area contributed by atoms with Crippen molar-refractivity contribution in [1.82, 2.24) is 15.3 Å². The minimum absolute atomic E-state index is 0.0604. The van der Waals surface area contributed by atoms with Gasteiger partial charge in [0.25, 0.3) is 0 Å². The number of benzene rings is 1. The van der Waals surface area contributed by atoms with Crippen molar-refractivity contribution in [2.75, 3.05) is 13.7 Å². The topological polar surface area (TPSA) is 18.5 Å². The van der Waals surface area contributed by atoms with E-state index in [0.717, 1.165) is 32.4 Å². The zero-order valence-corrected chi connectivity index (χ0v) is 34.1. The molecule has 0 bridgehead atoms. The van der Waals surface area contributed by atoms with Gasteiger partial charge in [-0.15, -0.1) is 0 Å². The van der Waals surface area contributed by atoms with Gasteiger partial charge in [0.15, 0.2) is 0 Å². The Bertz CT molecular complexity index is 1820. The second kappa shape index (κ2) is 16.3. The van der Waals surface area contributed by atoms with Gasteiger partial charge in [-0.05, 0) is 165 Å². The van der Waals surface area contributed by atoms with Crippen LogP contribution in [0.2, 0.25) is 0 Å². The number of allylic oxidation sites excluding steroid dienone is 15. The van der Waals surface area contributed by atoms with Crippen molar-refractivity contribution in [1.29, 1.82) is 0 Å². The highest BCUT2D eigenvalue weighted by molar-refractivity contribution is 5.66. The van der Waals surface area contributed by atoms with Crippen molar-refractivity contribution in [3.05, 3.63) is 136 Å². The van der Waals surface area contributed by atoms with E-state index in [0.29, 0.717) is 35.6 Å². The van der Waals surface area contributed by atoms with Crippen molar-refractivity contribution < 1.29 is 0 Å². The minimum Gasteiger partial charge on any atom is -0.370 e. The zero-order valence-electron chi connectivity index (χ0n) is 34.1. The molecule has 0 amide bonds. The molecule has 0 aromatic heterocycles. The maximum Gasteiger partial charge on any atom is 0.103 e. The fourth-order valence-electron chi connectivity index (χ4n) is 10.6. The van der Waals surface area contributed by atoms with E-state index < -0.39 is 0 Å². The van der Waals surface area contributed by atoms with E-state index in [-0.39, 0.29) is 5.41 Å². The molecule has 1 aromatic carbocycles. The quantitative estimate of drug-likeness (QED) is 0.256. The number of hydrazine groups is 1. The molecule has 0 spiro atoms. The molecule has 7 aliphatic rings. The third-order valence-electron chi connectivity index (χ3n) is 14.2. The van der Waals surface area contributed by atoms with Gasteiger partial charge in [-0.3, -0.25) is 5.01 Å². The Kier molecular flexibility index (Phi) is 11.3. The van der Waals surface area contributed by atoms with Crippen LogP contribution in [0, 0.1) is 29.1 Å². The average molecular weight is 722 g/mol. The normalized spacial score (nSPS) is 33.3. The molecule has 1 aliphatic heterocycles. The second-order valence-electron chi connectivity index (χ2n) is 18.4. The lowest BCUT2D eigenvalue weighted by molar-refractivity contribution is 0.0159. The van der Waals surface area contributed by atoms with Crippen LogP contribution in [0.15, 0.2) is 125 Å². The van der Waals surface area contributed by atoms with Gasteiger partial charge in [0.2, 0.25) is 0 Å². The molecular formula is C51H67N3. The molecule has 0 saturated carbocycles. The molecular weight excluding hydrogens is 655 g/mol. The highest BCUT2D eigenvalue weighted by Crippen LogP contribution is 2.46. The molecule has 0 radical (unpaired) electrons. The molecule has 7 unspecified atom stereocenters. The van der Waals surface area contributed by atoms with Crippen LogP contribution in [0.25, 0.3) is 5.57 Å². The first-order valence-electron chi connectivity index (χ1n) is 21.9. The molecule has 1 heterocycles. The van der Waals surface area contributed by atoms with Crippen LogP contribution in [0.1, 0.15) is 135 Å². The van der Waals surface area contributed by atoms with Gasteiger partial charge in [-0.2, -0.15) is 0 Å². The van der Waals surface area contributed by atoms with E-state index in [2.05, 4.69) is 141 Å². The highest BCUT2D eigenvalue weighted by atomic mass is 15.7. The maximum atomic E-state index is 4.15. The predicted octanol–water partition coefficient (Wildman–Crippen LogP) is 12.9. The Morgan fingerprint density at radius 2 is 1.65 bits per heavy atom. The summed E-state index contributed by atoms with van der Waals surface area (Å²) in [6.07, 6.45) is 44.3. The average Bonchev–Trinajstić information content (AvgIpc) is 3.54. The third-order valence-corrected chi connectivity index (χ3v) is 14.2. The van der Waals surface area contributed by atoms with Crippen LogP contribution in [-0.4, -0.2) is 29.8 Å². The summed E-state index contributed by atoms with van der Waals surface area (Å²) < 4.78 is 0. The van der Waals surface area contributed by atoms with Crippen LogP contribution in [0.5, 0.6) is 0 Å². The lowest BCUT2D eigenvalue weighted by Gasteiger charge is -2.40. The lowest BCUT2D eigenvalue weighted by Crippen LogP contribution is -2.47. The molecule has 286 valence electrons. The molecule has 8 rings (SSSR count). The Balaban J connectivity index is 1.08. The fourth-order valence-corrected chi connectivity index (χ4v) is 10.6. The van der Waals surface area contributed by atoms with Gasteiger partial charge in [0.05, 0.1) is 11.7 Å². The maximum absolute atomic E-state index is 4.15. The van der Waals surface area contributed by atoms with Crippen molar-refractivity contribution in [2.45, 2.75) is 130 Å². The molecule has 1 aromatic rings.